The molecule has 0 spiro atoms. The summed E-state index contributed by atoms with van der Waals surface area (Å²) in [6.45, 7) is 5.96. The van der Waals surface area contributed by atoms with E-state index in [-0.39, 0.29) is 6.10 Å². The molecule has 0 saturated carbocycles. The quantitative estimate of drug-likeness (QED) is 0.545. The van der Waals surface area contributed by atoms with E-state index < -0.39 is 0 Å². The monoisotopic (exact) mass is 403 g/mol. The Hall–Kier alpha value is -3.42. The summed E-state index contributed by atoms with van der Waals surface area (Å²) in [5.74, 6) is 1.84. The van der Waals surface area contributed by atoms with E-state index in [1.807, 2.05) is 38.2 Å². The second kappa shape index (κ2) is 7.78. The predicted molar refractivity (Wildman–Crippen MR) is 116 cm³/mol. The molecule has 3 aromatic heterocycles. The van der Waals surface area contributed by atoms with Crippen LogP contribution in [0.5, 0.6) is 5.75 Å². The van der Waals surface area contributed by atoms with E-state index >= 15 is 0 Å². The molecule has 0 amide bonds. The first kappa shape index (κ1) is 18.6. The van der Waals surface area contributed by atoms with Gasteiger partial charge in [0.05, 0.1) is 11.6 Å². The smallest absolute Gasteiger partial charge is 0.129 e. The minimum atomic E-state index is 0.131. The van der Waals surface area contributed by atoms with Crippen LogP contribution in [-0.2, 0) is 0 Å². The average Bonchev–Trinajstić information content (AvgIpc) is 3.44. The molecule has 1 N–H and O–H groups in total. The highest BCUT2D eigenvalue weighted by Crippen LogP contribution is 2.32. The number of pyridine rings is 1. The summed E-state index contributed by atoms with van der Waals surface area (Å²) in [6.07, 6.45) is 7.70. The summed E-state index contributed by atoms with van der Waals surface area (Å²) in [5.41, 5.74) is 2.96. The van der Waals surface area contributed by atoms with Crippen molar-refractivity contribution < 1.29 is 4.74 Å². The maximum absolute atomic E-state index is 5.87. The third-order valence-corrected chi connectivity index (χ3v) is 5.57. The largest absolute Gasteiger partial charge is 0.491 e. The van der Waals surface area contributed by atoms with Gasteiger partial charge in [-0.05, 0) is 57.0 Å². The molecule has 0 radical (unpaired) electrons. The Morgan fingerprint density at radius 1 is 1.07 bits per heavy atom. The lowest BCUT2D eigenvalue weighted by Crippen LogP contribution is -2.34. The van der Waals surface area contributed by atoms with Crippen LogP contribution in [0.25, 0.3) is 22.2 Å². The number of fused-ring (bicyclic) bond motifs is 1. The normalized spacial score (nSPS) is 15.2. The van der Waals surface area contributed by atoms with Gasteiger partial charge in [0.2, 0.25) is 0 Å². The number of nitrogens with zero attached hydrogens (tertiary/aromatic N) is 6. The molecule has 0 unspecified atom stereocenters. The number of hydrogen-bond donors (Lipinski definition) is 1. The van der Waals surface area contributed by atoms with Crippen molar-refractivity contribution in [1.29, 1.82) is 0 Å². The Balaban J connectivity index is 1.39. The van der Waals surface area contributed by atoms with Crippen molar-refractivity contribution in [2.45, 2.75) is 38.8 Å². The summed E-state index contributed by atoms with van der Waals surface area (Å²) >= 11 is 0. The third-order valence-electron chi connectivity index (χ3n) is 5.57. The molecule has 4 aromatic rings. The van der Waals surface area contributed by atoms with Crippen molar-refractivity contribution in [1.82, 2.24) is 29.9 Å². The van der Waals surface area contributed by atoms with E-state index in [0.29, 0.717) is 6.04 Å². The number of hydrogen-bond acceptors (Lipinski definition) is 6. The molecular formula is C22H25N7O. The van der Waals surface area contributed by atoms with Crippen molar-refractivity contribution in [2.75, 3.05) is 18.0 Å². The van der Waals surface area contributed by atoms with Crippen LogP contribution in [0, 0.1) is 0 Å². The number of aromatic nitrogens is 6. The maximum Gasteiger partial charge on any atom is 0.129 e. The Kier molecular flexibility index (Phi) is 4.82. The van der Waals surface area contributed by atoms with E-state index in [2.05, 4.69) is 47.0 Å². The molecule has 0 bridgehead atoms. The number of nitrogens with one attached hydrogen (secondary N) is 1. The fourth-order valence-corrected chi connectivity index (χ4v) is 4.09. The van der Waals surface area contributed by atoms with Crippen LogP contribution < -0.4 is 9.64 Å². The van der Waals surface area contributed by atoms with Crippen LogP contribution in [-0.4, -0.2) is 49.1 Å². The number of piperidine rings is 1. The van der Waals surface area contributed by atoms with Gasteiger partial charge in [-0.2, -0.15) is 5.10 Å². The second-order valence-electron chi connectivity index (χ2n) is 7.98. The van der Waals surface area contributed by atoms with Gasteiger partial charge in [-0.15, -0.1) is 10.2 Å². The fraction of sp³-hybridized carbons (Fsp3) is 0.364. The number of aromatic amines is 1. The molecule has 5 rings (SSSR count). The molecule has 30 heavy (non-hydrogen) atoms. The molecular weight excluding hydrogens is 378 g/mol. The summed E-state index contributed by atoms with van der Waals surface area (Å²) < 4.78 is 7.97. The van der Waals surface area contributed by atoms with Gasteiger partial charge in [0, 0.05) is 36.3 Å². The third kappa shape index (κ3) is 3.60. The van der Waals surface area contributed by atoms with Crippen molar-refractivity contribution in [2.24, 2.45) is 0 Å². The average molecular weight is 403 g/mol. The lowest BCUT2D eigenvalue weighted by Gasteiger charge is -2.33. The van der Waals surface area contributed by atoms with E-state index in [1.165, 1.54) is 0 Å². The zero-order valence-electron chi connectivity index (χ0n) is 17.2. The van der Waals surface area contributed by atoms with Crippen LogP contribution in [0.1, 0.15) is 32.7 Å². The molecule has 0 aliphatic carbocycles. The number of benzene rings is 1. The topological polar surface area (TPSA) is 84.8 Å². The summed E-state index contributed by atoms with van der Waals surface area (Å²) in [5, 5.41) is 16.6. The number of H-pyrrole nitrogens is 1. The molecule has 8 nitrogen and oxygen atoms in total. The standard InChI is InChI=1S/C22H25N7O/c1-15(2)30-18-3-4-20-19(12-18)22(27-26-20)16-5-8-23-21(11-16)28-9-6-17(7-10-28)29-13-24-25-14-29/h3-5,8,11-15,17H,6-7,9-10H2,1-2H3,(H,26,27). The van der Waals surface area contributed by atoms with Gasteiger partial charge in [0.15, 0.2) is 0 Å². The Labute approximate surface area is 174 Å². The van der Waals surface area contributed by atoms with Crippen LogP contribution in [0.2, 0.25) is 0 Å². The zero-order chi connectivity index (χ0) is 20.5. The van der Waals surface area contributed by atoms with Crippen molar-refractivity contribution in [3.8, 4) is 17.0 Å². The lowest BCUT2D eigenvalue weighted by molar-refractivity contribution is 0.243. The summed E-state index contributed by atoms with van der Waals surface area (Å²) in [4.78, 5) is 6.97. The highest BCUT2D eigenvalue weighted by atomic mass is 16.5. The van der Waals surface area contributed by atoms with Gasteiger partial charge in [-0.3, -0.25) is 5.10 Å². The highest BCUT2D eigenvalue weighted by Gasteiger charge is 2.22. The van der Waals surface area contributed by atoms with Gasteiger partial charge in [-0.1, -0.05) is 0 Å². The van der Waals surface area contributed by atoms with E-state index in [9.17, 15) is 0 Å². The lowest BCUT2D eigenvalue weighted by atomic mass is 10.0. The molecule has 154 valence electrons. The molecule has 4 heterocycles. The van der Waals surface area contributed by atoms with Gasteiger partial charge in [0.1, 0.15) is 29.9 Å². The van der Waals surface area contributed by atoms with Crippen molar-refractivity contribution >= 4 is 16.7 Å². The first-order valence-electron chi connectivity index (χ1n) is 10.4. The summed E-state index contributed by atoms with van der Waals surface area (Å²) in [6, 6.07) is 10.6. The fourth-order valence-electron chi connectivity index (χ4n) is 4.09. The minimum absolute atomic E-state index is 0.131. The molecule has 1 aliphatic heterocycles. The Bertz CT molecular complexity index is 1130. The molecule has 1 saturated heterocycles. The predicted octanol–water partition coefficient (Wildman–Crippen LogP) is 3.85. The molecule has 8 heteroatoms. The van der Waals surface area contributed by atoms with Crippen LogP contribution in [0.15, 0.2) is 49.2 Å². The van der Waals surface area contributed by atoms with Gasteiger partial charge >= 0.3 is 0 Å². The van der Waals surface area contributed by atoms with Gasteiger partial charge < -0.3 is 14.2 Å². The Morgan fingerprint density at radius 3 is 2.63 bits per heavy atom. The summed E-state index contributed by atoms with van der Waals surface area (Å²) in [7, 11) is 0. The number of anilines is 1. The molecule has 1 fully saturated rings. The SMILES string of the molecule is CC(C)Oc1ccc2[nH]nc(-c3ccnc(N4CCC(n5cnnc5)CC4)c3)c2c1. The van der Waals surface area contributed by atoms with E-state index in [4.69, 9.17) is 4.74 Å². The van der Waals surface area contributed by atoms with Crippen molar-refractivity contribution in [3.05, 3.63) is 49.2 Å². The van der Waals surface area contributed by atoms with E-state index in [0.717, 1.165) is 59.7 Å². The Morgan fingerprint density at radius 2 is 1.87 bits per heavy atom. The number of rotatable bonds is 5. The van der Waals surface area contributed by atoms with Gasteiger partial charge in [-0.25, -0.2) is 4.98 Å². The first-order chi connectivity index (χ1) is 14.7. The van der Waals surface area contributed by atoms with Crippen molar-refractivity contribution in [3.63, 3.8) is 0 Å². The van der Waals surface area contributed by atoms with Crippen LogP contribution in [0.3, 0.4) is 0 Å². The van der Waals surface area contributed by atoms with Crippen LogP contribution >= 0.6 is 0 Å². The first-order valence-corrected chi connectivity index (χ1v) is 10.4. The van der Waals surface area contributed by atoms with E-state index in [1.54, 1.807) is 12.7 Å². The molecule has 0 atom stereocenters. The minimum Gasteiger partial charge on any atom is -0.491 e. The van der Waals surface area contributed by atoms with Gasteiger partial charge in [0.25, 0.3) is 0 Å². The highest BCUT2D eigenvalue weighted by molar-refractivity contribution is 5.94. The molecule has 1 aromatic carbocycles. The number of ether oxygens (including phenoxy) is 1. The maximum atomic E-state index is 5.87. The second-order valence-corrected chi connectivity index (χ2v) is 7.98. The van der Waals surface area contributed by atoms with Crippen LogP contribution in [0.4, 0.5) is 5.82 Å². The zero-order valence-corrected chi connectivity index (χ0v) is 17.2. The molecule has 1 aliphatic rings.